The van der Waals surface area contributed by atoms with Gasteiger partial charge < -0.3 is 11.1 Å². The van der Waals surface area contributed by atoms with Gasteiger partial charge in [0.15, 0.2) is 0 Å². The van der Waals surface area contributed by atoms with Gasteiger partial charge in [0.1, 0.15) is 0 Å². The molecule has 4 heteroatoms. The third-order valence-corrected chi connectivity index (χ3v) is 1.10. The second-order valence-corrected chi connectivity index (χ2v) is 3.40. The molecule has 0 rings (SSSR count). The van der Waals surface area contributed by atoms with Crippen LogP contribution in [-0.4, -0.2) is 18.4 Å². The molecule has 0 aromatic carbocycles. The van der Waals surface area contributed by atoms with E-state index in [1.807, 2.05) is 0 Å². The average Bonchev–Trinajstić information content (AvgIpc) is 1.80. The lowest BCUT2D eigenvalue weighted by Crippen LogP contribution is -2.39. The molecule has 4 nitrogen and oxygen atoms in total. The Hall–Kier alpha value is -1.06. The van der Waals surface area contributed by atoms with Crippen LogP contribution in [0.15, 0.2) is 0 Å². The first-order valence-corrected chi connectivity index (χ1v) is 3.40. The van der Waals surface area contributed by atoms with Gasteiger partial charge in [-0.2, -0.15) is 0 Å². The largest absolute Gasteiger partial charge is 0.368 e. The number of amides is 2. The van der Waals surface area contributed by atoms with E-state index in [0.29, 0.717) is 0 Å². The van der Waals surface area contributed by atoms with E-state index in [1.54, 1.807) is 20.8 Å². The summed E-state index contributed by atoms with van der Waals surface area (Å²) in [6, 6.07) is 0. The van der Waals surface area contributed by atoms with Crippen molar-refractivity contribution in [1.82, 2.24) is 5.32 Å². The molecule has 0 spiro atoms. The van der Waals surface area contributed by atoms with Gasteiger partial charge in [0.2, 0.25) is 11.8 Å². The summed E-state index contributed by atoms with van der Waals surface area (Å²) in [6.07, 6.45) is 0. The molecule has 0 saturated carbocycles. The quantitative estimate of drug-likeness (QED) is 0.575. The average molecular weight is 158 g/mol. The van der Waals surface area contributed by atoms with Gasteiger partial charge in [0, 0.05) is 5.41 Å². The number of carbonyl (C=O) groups excluding carboxylic acids is 2. The summed E-state index contributed by atoms with van der Waals surface area (Å²) < 4.78 is 0. The zero-order chi connectivity index (χ0) is 9.07. The molecule has 2 amide bonds. The number of hydrogen-bond donors (Lipinski definition) is 2. The standard InChI is InChI=1S/C7H14N2O2/c1-7(2,3)6(11)9-4-5(8)10/h4H2,1-3H3,(H2,8,10)(H,9,11). The second kappa shape index (κ2) is 3.37. The molecule has 0 atom stereocenters. The van der Waals surface area contributed by atoms with Crippen molar-refractivity contribution in [2.24, 2.45) is 11.1 Å². The maximum absolute atomic E-state index is 11.1. The van der Waals surface area contributed by atoms with E-state index in [0.717, 1.165) is 0 Å². The molecule has 0 aliphatic heterocycles. The molecule has 3 N–H and O–H groups in total. The molecule has 0 aromatic heterocycles. The van der Waals surface area contributed by atoms with Crippen LogP contribution in [0, 0.1) is 5.41 Å². The number of hydrogen-bond acceptors (Lipinski definition) is 2. The molecule has 0 radical (unpaired) electrons. The van der Waals surface area contributed by atoms with Crippen LogP contribution in [0.4, 0.5) is 0 Å². The molecule has 0 saturated heterocycles. The van der Waals surface area contributed by atoms with Crippen LogP contribution in [0.5, 0.6) is 0 Å². The Labute approximate surface area is 66.1 Å². The van der Waals surface area contributed by atoms with E-state index >= 15 is 0 Å². The summed E-state index contributed by atoms with van der Waals surface area (Å²) >= 11 is 0. The molecule has 0 fully saturated rings. The summed E-state index contributed by atoms with van der Waals surface area (Å²) in [6.45, 7) is 5.21. The van der Waals surface area contributed by atoms with Crippen LogP contribution in [0.25, 0.3) is 0 Å². The maximum Gasteiger partial charge on any atom is 0.236 e. The molecule has 0 aliphatic carbocycles. The first-order valence-electron chi connectivity index (χ1n) is 3.40. The lowest BCUT2D eigenvalue weighted by Gasteiger charge is -2.16. The topological polar surface area (TPSA) is 72.2 Å². The SMILES string of the molecule is CC(C)(C)C(=O)NCC(N)=O. The van der Waals surface area contributed by atoms with Gasteiger partial charge in [0.25, 0.3) is 0 Å². The van der Waals surface area contributed by atoms with Crippen LogP contribution in [0.3, 0.4) is 0 Å². The zero-order valence-electron chi connectivity index (χ0n) is 7.10. The number of nitrogens with one attached hydrogen (secondary N) is 1. The Bertz CT molecular complexity index is 170. The first-order chi connectivity index (χ1) is 4.84. The third-order valence-electron chi connectivity index (χ3n) is 1.10. The van der Waals surface area contributed by atoms with E-state index in [9.17, 15) is 9.59 Å². The third kappa shape index (κ3) is 4.36. The highest BCUT2D eigenvalue weighted by molar-refractivity contribution is 5.86. The van der Waals surface area contributed by atoms with Crippen molar-refractivity contribution in [2.45, 2.75) is 20.8 Å². The summed E-state index contributed by atoms with van der Waals surface area (Å²) in [5.74, 6) is -0.695. The van der Waals surface area contributed by atoms with Gasteiger partial charge in [-0.15, -0.1) is 0 Å². The highest BCUT2D eigenvalue weighted by Gasteiger charge is 2.20. The van der Waals surface area contributed by atoms with E-state index in [4.69, 9.17) is 5.73 Å². The lowest BCUT2D eigenvalue weighted by atomic mass is 9.96. The van der Waals surface area contributed by atoms with Crippen molar-refractivity contribution >= 4 is 11.8 Å². The van der Waals surface area contributed by atoms with Gasteiger partial charge in [-0.1, -0.05) is 20.8 Å². The van der Waals surface area contributed by atoms with Gasteiger partial charge >= 0.3 is 0 Å². The number of nitrogens with two attached hydrogens (primary N) is 1. The van der Waals surface area contributed by atoms with E-state index < -0.39 is 11.3 Å². The molecule has 0 bridgehead atoms. The molecule has 64 valence electrons. The Morgan fingerprint density at radius 3 is 2.09 bits per heavy atom. The molecular weight excluding hydrogens is 144 g/mol. The Balaban J connectivity index is 3.80. The monoisotopic (exact) mass is 158 g/mol. The molecule has 0 aliphatic rings. The van der Waals surface area contributed by atoms with Gasteiger partial charge in [0.05, 0.1) is 6.54 Å². The normalized spacial score (nSPS) is 10.8. The summed E-state index contributed by atoms with van der Waals surface area (Å²) in [4.78, 5) is 21.3. The Morgan fingerprint density at radius 2 is 1.82 bits per heavy atom. The van der Waals surface area contributed by atoms with E-state index in [-0.39, 0.29) is 12.5 Å². The van der Waals surface area contributed by atoms with Crippen LogP contribution in [-0.2, 0) is 9.59 Å². The van der Waals surface area contributed by atoms with Crippen molar-refractivity contribution in [3.8, 4) is 0 Å². The fourth-order valence-corrected chi connectivity index (χ4v) is 0.433. The van der Waals surface area contributed by atoms with E-state index in [1.165, 1.54) is 0 Å². The minimum Gasteiger partial charge on any atom is -0.368 e. The highest BCUT2D eigenvalue weighted by atomic mass is 16.2. The van der Waals surface area contributed by atoms with Crippen LogP contribution in [0.1, 0.15) is 20.8 Å². The van der Waals surface area contributed by atoms with Crippen molar-refractivity contribution in [1.29, 1.82) is 0 Å². The first kappa shape index (κ1) is 9.94. The Kier molecular flexibility index (Phi) is 3.04. The van der Waals surface area contributed by atoms with E-state index in [2.05, 4.69) is 5.32 Å². The minimum absolute atomic E-state index is 0.0872. The Morgan fingerprint density at radius 1 is 1.36 bits per heavy atom. The lowest BCUT2D eigenvalue weighted by molar-refractivity contribution is -0.130. The maximum atomic E-state index is 11.1. The smallest absolute Gasteiger partial charge is 0.236 e. The van der Waals surface area contributed by atoms with Crippen LogP contribution >= 0.6 is 0 Å². The van der Waals surface area contributed by atoms with Gasteiger partial charge in [-0.25, -0.2) is 0 Å². The summed E-state index contributed by atoms with van der Waals surface area (Å²) in [5.41, 5.74) is 4.37. The van der Waals surface area contributed by atoms with Crippen molar-refractivity contribution < 1.29 is 9.59 Å². The second-order valence-electron chi connectivity index (χ2n) is 3.40. The van der Waals surface area contributed by atoms with Crippen LogP contribution < -0.4 is 11.1 Å². The molecule has 0 aromatic rings. The van der Waals surface area contributed by atoms with Crippen LogP contribution in [0.2, 0.25) is 0 Å². The minimum atomic E-state index is -0.525. The van der Waals surface area contributed by atoms with Crippen molar-refractivity contribution in [3.63, 3.8) is 0 Å². The number of carbonyl (C=O) groups is 2. The van der Waals surface area contributed by atoms with Crippen molar-refractivity contribution in [3.05, 3.63) is 0 Å². The molecule has 11 heavy (non-hydrogen) atoms. The molecule has 0 unspecified atom stereocenters. The van der Waals surface area contributed by atoms with Gasteiger partial charge in [-0.3, -0.25) is 9.59 Å². The predicted molar refractivity (Wildman–Crippen MR) is 41.7 cm³/mol. The number of rotatable bonds is 2. The fourth-order valence-electron chi connectivity index (χ4n) is 0.433. The molecular formula is C7H14N2O2. The molecule has 0 heterocycles. The highest BCUT2D eigenvalue weighted by Crippen LogP contribution is 2.11. The summed E-state index contributed by atoms with van der Waals surface area (Å²) in [7, 11) is 0. The zero-order valence-corrected chi connectivity index (χ0v) is 7.10. The number of primary amides is 1. The van der Waals surface area contributed by atoms with Crippen molar-refractivity contribution in [2.75, 3.05) is 6.54 Å². The summed E-state index contributed by atoms with van der Waals surface area (Å²) in [5, 5.41) is 2.41. The van der Waals surface area contributed by atoms with Gasteiger partial charge in [-0.05, 0) is 0 Å². The predicted octanol–water partition coefficient (Wildman–Crippen LogP) is -0.366. The fraction of sp³-hybridized carbons (Fsp3) is 0.714.